The molecule has 5 aliphatic rings. The average molecular weight is 1200 g/mol. The van der Waals surface area contributed by atoms with E-state index >= 15 is 0 Å². The molecular formula is C86H94BN3O. The van der Waals surface area contributed by atoms with Gasteiger partial charge in [-0.25, -0.2) is 0 Å². The first-order chi connectivity index (χ1) is 42.6. The van der Waals surface area contributed by atoms with Gasteiger partial charge in [0.25, 0.3) is 0 Å². The third-order valence-corrected chi connectivity index (χ3v) is 23.0. The third kappa shape index (κ3) is 9.02. The monoisotopic (exact) mass is 1200 g/mol. The molecule has 0 bridgehead atoms. The predicted octanol–water partition coefficient (Wildman–Crippen LogP) is 23.0. The van der Waals surface area contributed by atoms with E-state index in [0.29, 0.717) is 0 Å². The SMILES string of the molecule is Cc1cc2c(cc1N1c3cc4c(cc3B3c5c(cc6c(oc7ccccc76)c51)-c1cc5c(cc1N3c1ccc(C(C)(C)C)cc1)C(C)(C)c1cc(N(c3ccc(C(C)(C)C)cc3)c3ccc(C(C)(C)C)cc3)ccc1-5)C(C)(C)CCC4(C)C)C(C)(C)CCC2(C)C. The van der Waals surface area contributed by atoms with Crippen LogP contribution in [-0.2, 0) is 43.3 Å². The second-order valence-corrected chi connectivity index (χ2v) is 34.4. The van der Waals surface area contributed by atoms with Gasteiger partial charge in [-0.1, -0.05) is 204 Å². The van der Waals surface area contributed by atoms with Gasteiger partial charge in [-0.2, -0.15) is 0 Å². The van der Waals surface area contributed by atoms with Crippen LogP contribution in [0.3, 0.4) is 0 Å². The van der Waals surface area contributed by atoms with Crippen molar-refractivity contribution < 1.29 is 4.42 Å². The van der Waals surface area contributed by atoms with E-state index in [1.54, 1.807) is 0 Å². The summed E-state index contributed by atoms with van der Waals surface area (Å²) in [6.07, 6.45) is 4.56. The maximum Gasteiger partial charge on any atom is 0.333 e. The molecule has 3 aliphatic carbocycles. The molecule has 0 spiro atoms. The zero-order valence-electron chi connectivity index (χ0n) is 58.2. The number of para-hydroxylation sites is 1. The second kappa shape index (κ2) is 19.4. The normalized spacial score (nSPS) is 17.9. The van der Waals surface area contributed by atoms with Crippen LogP contribution in [0.2, 0.25) is 0 Å². The fraction of sp³-hybridized carbons (Fsp3) is 0.372. The van der Waals surface area contributed by atoms with E-state index in [0.717, 1.165) is 70.4 Å². The van der Waals surface area contributed by atoms with Crippen molar-refractivity contribution in [2.24, 2.45) is 0 Å². The largest absolute Gasteiger partial charge is 0.454 e. The first-order valence-electron chi connectivity index (χ1n) is 34.0. The van der Waals surface area contributed by atoms with Crippen LogP contribution in [0.25, 0.3) is 44.2 Å². The smallest absolute Gasteiger partial charge is 0.333 e. The Balaban J connectivity index is 1.03. The van der Waals surface area contributed by atoms with E-state index in [9.17, 15) is 0 Å². The molecule has 0 amide bonds. The highest BCUT2D eigenvalue weighted by atomic mass is 16.3. The van der Waals surface area contributed by atoms with Gasteiger partial charge >= 0.3 is 6.85 Å². The van der Waals surface area contributed by atoms with Crippen molar-refractivity contribution in [1.82, 2.24) is 0 Å². The fourth-order valence-corrected chi connectivity index (χ4v) is 16.9. The molecule has 10 aromatic rings. The molecule has 1 aromatic heterocycles. The van der Waals surface area contributed by atoms with Gasteiger partial charge in [-0.15, -0.1) is 0 Å². The Morgan fingerprint density at radius 1 is 0.418 bits per heavy atom. The Morgan fingerprint density at radius 3 is 1.44 bits per heavy atom. The molecular weight excluding hydrogens is 1100 g/mol. The lowest BCUT2D eigenvalue weighted by Gasteiger charge is -2.49. The van der Waals surface area contributed by atoms with Gasteiger partial charge in [0.1, 0.15) is 5.58 Å². The summed E-state index contributed by atoms with van der Waals surface area (Å²) in [5, 5.41) is 2.30. The van der Waals surface area contributed by atoms with E-state index in [4.69, 9.17) is 4.42 Å². The van der Waals surface area contributed by atoms with Crippen molar-refractivity contribution in [2.75, 3.05) is 14.6 Å². The maximum atomic E-state index is 7.50. The second-order valence-electron chi connectivity index (χ2n) is 34.4. The maximum absolute atomic E-state index is 7.50. The number of rotatable bonds is 5. The van der Waals surface area contributed by atoms with Crippen LogP contribution in [0.15, 0.2) is 162 Å². The summed E-state index contributed by atoms with van der Waals surface area (Å²) in [6, 6.07) is 62.7. The van der Waals surface area contributed by atoms with Crippen molar-refractivity contribution in [3.63, 3.8) is 0 Å². The van der Waals surface area contributed by atoms with Gasteiger partial charge in [-0.3, -0.25) is 0 Å². The quantitative estimate of drug-likeness (QED) is 0.160. The molecule has 9 aromatic carbocycles. The van der Waals surface area contributed by atoms with Crippen LogP contribution < -0.4 is 25.5 Å². The highest BCUT2D eigenvalue weighted by molar-refractivity contribution is 6.94. The number of nitrogens with zero attached hydrogens (tertiary/aromatic N) is 3. The van der Waals surface area contributed by atoms with Crippen molar-refractivity contribution in [1.29, 1.82) is 0 Å². The number of hydrogen-bond acceptors (Lipinski definition) is 4. The summed E-state index contributed by atoms with van der Waals surface area (Å²) in [5.74, 6) is 0. The molecule has 0 N–H and O–H groups in total. The first-order valence-corrected chi connectivity index (χ1v) is 34.0. The van der Waals surface area contributed by atoms with Gasteiger partial charge in [-0.05, 0) is 239 Å². The minimum Gasteiger partial charge on any atom is -0.454 e. The molecule has 0 atom stereocenters. The first kappa shape index (κ1) is 59.5. The van der Waals surface area contributed by atoms with Gasteiger partial charge in [0, 0.05) is 61.6 Å². The molecule has 91 heavy (non-hydrogen) atoms. The summed E-state index contributed by atoms with van der Waals surface area (Å²) >= 11 is 0. The lowest BCUT2D eigenvalue weighted by atomic mass is 9.42. The zero-order valence-corrected chi connectivity index (χ0v) is 58.2. The predicted molar refractivity (Wildman–Crippen MR) is 391 cm³/mol. The van der Waals surface area contributed by atoms with E-state index in [2.05, 4.69) is 311 Å². The molecule has 0 unspecified atom stereocenters. The van der Waals surface area contributed by atoms with Crippen LogP contribution in [0.4, 0.5) is 45.5 Å². The van der Waals surface area contributed by atoms with Crippen LogP contribution in [0.5, 0.6) is 0 Å². The molecule has 4 nitrogen and oxygen atoms in total. The highest BCUT2D eigenvalue weighted by Gasteiger charge is 2.51. The van der Waals surface area contributed by atoms with Crippen LogP contribution in [0.1, 0.15) is 213 Å². The number of fused-ring (bicyclic) bond motifs is 13. The molecule has 0 saturated heterocycles. The molecule has 462 valence electrons. The van der Waals surface area contributed by atoms with Crippen molar-refractivity contribution >= 4 is 85.2 Å². The number of furan rings is 1. The van der Waals surface area contributed by atoms with E-state index in [1.807, 2.05) is 0 Å². The van der Waals surface area contributed by atoms with Crippen molar-refractivity contribution in [2.45, 2.75) is 207 Å². The fourth-order valence-electron chi connectivity index (χ4n) is 16.9. The molecule has 0 radical (unpaired) electrons. The summed E-state index contributed by atoms with van der Waals surface area (Å²) in [4.78, 5) is 7.96. The summed E-state index contributed by atoms with van der Waals surface area (Å²) in [5.41, 5.74) is 32.7. The average Bonchev–Trinajstić information content (AvgIpc) is 1.65. The minimum absolute atomic E-state index is 0.00498. The standard InChI is InChI=1S/C86H94BN3O/c1-51-43-67-69(84(15,16)41-39-82(67,11)12)49-72(51)89-74-50-70-68(83(13,14)40-42-85(70,17)18)47-71(74)87-76-63(46-64-60-23-21-22-24-75(60)91-78(64)77(76)89)62-45-61-59-38-37-58(88(55-31-25-52(26-32-55)79(2,3)4)56-33-27-53(28-34-56)80(5,6)7)44-65(59)86(19,20)66(61)48-73(62)90(87)57-35-29-54(30-36-57)81(8,9)10/h21-38,43-50H,39-42H2,1-20H3. The number of benzene rings is 9. The van der Waals surface area contributed by atoms with Gasteiger partial charge in [0.15, 0.2) is 5.58 Å². The lowest BCUT2D eigenvalue weighted by Crippen LogP contribution is -2.62. The van der Waals surface area contributed by atoms with E-state index < -0.39 is 0 Å². The topological polar surface area (TPSA) is 22.9 Å². The Kier molecular flexibility index (Phi) is 12.7. The molecule has 0 saturated carbocycles. The van der Waals surface area contributed by atoms with E-state index in [-0.39, 0.29) is 50.2 Å². The van der Waals surface area contributed by atoms with Crippen molar-refractivity contribution in [3.05, 3.63) is 213 Å². The van der Waals surface area contributed by atoms with Crippen LogP contribution >= 0.6 is 0 Å². The summed E-state index contributed by atoms with van der Waals surface area (Å²) in [7, 11) is 0. The number of anilines is 8. The van der Waals surface area contributed by atoms with Crippen LogP contribution in [-0.4, -0.2) is 6.85 Å². The Labute approximate surface area is 544 Å². The van der Waals surface area contributed by atoms with Crippen LogP contribution in [0, 0.1) is 6.92 Å². The lowest BCUT2D eigenvalue weighted by molar-refractivity contribution is 0.331. The molecule has 15 rings (SSSR count). The minimum atomic E-state index is -0.353. The molecule has 0 fully saturated rings. The molecule has 2 aliphatic heterocycles. The molecule has 3 heterocycles. The Morgan fingerprint density at radius 2 is 0.890 bits per heavy atom. The van der Waals surface area contributed by atoms with E-state index in [1.165, 1.54) is 112 Å². The summed E-state index contributed by atoms with van der Waals surface area (Å²) in [6.45, 7) is 47.8. The third-order valence-electron chi connectivity index (χ3n) is 23.0. The Bertz CT molecular complexity index is 4620. The van der Waals surface area contributed by atoms with Gasteiger partial charge in [0.2, 0.25) is 0 Å². The zero-order chi connectivity index (χ0) is 64.4. The summed E-state index contributed by atoms with van der Waals surface area (Å²) < 4.78 is 7.50. The number of aryl methyl sites for hydroxylation is 1. The van der Waals surface area contributed by atoms with Gasteiger partial charge < -0.3 is 19.0 Å². The molecule has 5 heteroatoms. The number of hydrogen-bond donors (Lipinski definition) is 0. The Hall–Kier alpha value is -7.76. The van der Waals surface area contributed by atoms with Gasteiger partial charge in [0.05, 0.1) is 5.69 Å². The van der Waals surface area contributed by atoms with Crippen molar-refractivity contribution in [3.8, 4) is 22.3 Å². The highest BCUT2D eigenvalue weighted by Crippen LogP contribution is 2.59.